The number of hydrogen-bond acceptors (Lipinski definition) is 1. The molecule has 0 aliphatic carbocycles. The zero-order valence-electron chi connectivity index (χ0n) is 7.34. The molecule has 0 spiro atoms. The maximum absolute atomic E-state index is 10.7. The second-order valence-electron chi connectivity index (χ2n) is 2.19. The van der Waals surface area contributed by atoms with Crippen molar-refractivity contribution >= 4 is 7.81 Å². The summed E-state index contributed by atoms with van der Waals surface area (Å²) in [6.45, 7) is 0. The summed E-state index contributed by atoms with van der Waals surface area (Å²) in [6.07, 6.45) is 5.39. The zero-order valence-corrected chi connectivity index (χ0v) is 10.2. The van der Waals surface area contributed by atoms with Crippen LogP contribution in [-0.2, 0) is 7.05 Å². The summed E-state index contributed by atoms with van der Waals surface area (Å²) >= 11 is 0. The molecule has 1 rings (SSSR count). The summed E-state index contributed by atoms with van der Waals surface area (Å²) in [5.74, 6) is 0. The first kappa shape index (κ1) is 16.6. The smallest absolute Gasteiger partial charge is 1.00 e. The second kappa shape index (κ2) is 4.00. The van der Waals surface area contributed by atoms with E-state index in [1.165, 1.54) is 0 Å². The van der Waals surface area contributed by atoms with Crippen LogP contribution in [0.5, 0.6) is 0 Å². The molecule has 0 unspecified atom stereocenters. The van der Waals surface area contributed by atoms with Gasteiger partial charge >= 0.3 is 62.5 Å². The predicted molar refractivity (Wildman–Crippen MR) is 36.8 cm³/mol. The molecule has 0 aromatic carbocycles. The predicted octanol–water partition coefficient (Wildman–Crippen LogP) is 0.806. The van der Waals surface area contributed by atoms with Gasteiger partial charge in [-0.05, 0) is 0 Å². The van der Waals surface area contributed by atoms with E-state index in [9.17, 15) is 25.2 Å². The van der Waals surface area contributed by atoms with Gasteiger partial charge in [-0.1, -0.05) is 0 Å². The molecule has 10 heteroatoms. The largest absolute Gasteiger partial charge is 1.00 e. The molecule has 0 N–H and O–H groups in total. The monoisotopic (exact) mass is 250 g/mol. The molecule has 2 nitrogen and oxygen atoms in total. The van der Waals surface area contributed by atoms with Gasteiger partial charge in [0.1, 0.15) is 0 Å². The maximum Gasteiger partial charge on any atom is 1.00 e. The van der Waals surface area contributed by atoms with E-state index in [1.807, 2.05) is 17.8 Å². The fraction of sp³-hybridized carbons (Fsp3) is 0.250. The standard InChI is InChI=1S/C4H6N2.F6P.Na/c1-6-3-2-5-4-6;1-7(2,3,4,5)6;/h2-4H,1H3;;/q;-1;+1. The molecule has 14 heavy (non-hydrogen) atoms. The molecule has 0 saturated carbocycles. The first-order chi connectivity index (χ1) is 5.34. The van der Waals surface area contributed by atoms with Crippen molar-refractivity contribution in [1.82, 2.24) is 9.55 Å². The maximum atomic E-state index is 9.87. The number of aromatic nitrogens is 2. The van der Waals surface area contributed by atoms with Crippen molar-refractivity contribution in [1.29, 1.82) is 0 Å². The Kier molecular flexibility index (Phi) is 4.75. The van der Waals surface area contributed by atoms with Crippen LogP contribution in [0.3, 0.4) is 0 Å². The summed E-state index contributed by atoms with van der Waals surface area (Å²) in [7, 11) is -8.72. The van der Waals surface area contributed by atoms with Crippen molar-refractivity contribution in [3.63, 3.8) is 0 Å². The van der Waals surface area contributed by atoms with E-state index in [2.05, 4.69) is 4.98 Å². The second-order valence-corrected chi connectivity index (χ2v) is 4.10. The minimum atomic E-state index is -10.7. The molecular weight excluding hydrogens is 244 g/mol. The van der Waals surface area contributed by atoms with Crippen LogP contribution in [0.25, 0.3) is 0 Å². The van der Waals surface area contributed by atoms with Crippen LogP contribution in [0.15, 0.2) is 18.7 Å². The van der Waals surface area contributed by atoms with Crippen molar-refractivity contribution in [3.05, 3.63) is 18.7 Å². The SMILES string of the molecule is Cn1ccnc1.F[P-](F)(F)(F)(F)F.[Na+]. The van der Waals surface area contributed by atoms with Crippen LogP contribution >= 0.6 is 7.81 Å². The van der Waals surface area contributed by atoms with E-state index in [4.69, 9.17) is 0 Å². The van der Waals surface area contributed by atoms with Gasteiger partial charge in [0.25, 0.3) is 0 Å². The van der Waals surface area contributed by atoms with E-state index in [0.29, 0.717) is 0 Å². The molecule has 1 heterocycles. The Bertz CT molecular complexity index is 252. The van der Waals surface area contributed by atoms with Gasteiger partial charge in [-0.3, -0.25) is 0 Å². The summed E-state index contributed by atoms with van der Waals surface area (Å²) in [6, 6.07) is 0. The minimum absolute atomic E-state index is 0. The van der Waals surface area contributed by atoms with Crippen LogP contribution in [0.1, 0.15) is 0 Å². The Hall–Kier alpha value is 0.220. The minimum Gasteiger partial charge on any atom is 1.00 e. The molecule has 0 bridgehead atoms. The number of halogens is 6. The third-order valence-corrected chi connectivity index (χ3v) is 0.637. The quantitative estimate of drug-likeness (QED) is 0.378. The molecule has 0 fully saturated rings. The Morgan fingerprint density at radius 3 is 1.50 bits per heavy atom. The van der Waals surface area contributed by atoms with Gasteiger partial charge < -0.3 is 4.57 Å². The van der Waals surface area contributed by atoms with Gasteiger partial charge in [-0.25, -0.2) is 4.98 Å². The number of imidazole rings is 1. The molecule has 0 aliphatic rings. The molecule has 0 aliphatic heterocycles. The summed E-state index contributed by atoms with van der Waals surface area (Å²) in [4.78, 5) is 3.78. The first-order valence-corrected chi connectivity index (χ1v) is 4.86. The fourth-order valence-electron chi connectivity index (χ4n) is 0.326. The van der Waals surface area contributed by atoms with E-state index in [0.717, 1.165) is 0 Å². The third kappa shape index (κ3) is 29.5. The Labute approximate surface area is 97.8 Å². The van der Waals surface area contributed by atoms with Crippen molar-refractivity contribution in [2.75, 3.05) is 0 Å². The Morgan fingerprint density at radius 1 is 1.07 bits per heavy atom. The summed E-state index contributed by atoms with van der Waals surface area (Å²) < 4.78 is 61.1. The van der Waals surface area contributed by atoms with E-state index in [-0.39, 0.29) is 29.6 Å². The van der Waals surface area contributed by atoms with Crippen LogP contribution in [0.2, 0.25) is 0 Å². The van der Waals surface area contributed by atoms with Crippen LogP contribution in [0.4, 0.5) is 25.2 Å². The van der Waals surface area contributed by atoms with Crippen LogP contribution in [0, 0.1) is 0 Å². The number of nitrogens with zero attached hydrogens (tertiary/aromatic N) is 2. The van der Waals surface area contributed by atoms with Crippen LogP contribution in [-0.4, -0.2) is 9.55 Å². The normalized spacial score (nSPS) is 15.4. The van der Waals surface area contributed by atoms with E-state index >= 15 is 0 Å². The average molecular weight is 250 g/mol. The molecule has 0 amide bonds. The fourth-order valence-corrected chi connectivity index (χ4v) is 0.326. The third-order valence-electron chi connectivity index (χ3n) is 0.637. The Balaban J connectivity index is 0. The molecule has 0 atom stereocenters. The van der Waals surface area contributed by atoms with Gasteiger partial charge in [0, 0.05) is 19.4 Å². The first-order valence-electron chi connectivity index (χ1n) is 2.83. The Morgan fingerprint density at radius 2 is 1.43 bits per heavy atom. The zero-order chi connectivity index (χ0) is 10.8. The van der Waals surface area contributed by atoms with Crippen molar-refractivity contribution in [3.8, 4) is 0 Å². The molecule has 80 valence electrons. The number of aryl methyl sites for hydroxylation is 1. The topological polar surface area (TPSA) is 17.8 Å². The van der Waals surface area contributed by atoms with Gasteiger partial charge in [0.15, 0.2) is 0 Å². The van der Waals surface area contributed by atoms with E-state index < -0.39 is 7.81 Å². The van der Waals surface area contributed by atoms with E-state index in [1.54, 1.807) is 12.5 Å². The molecule has 1 aromatic rings. The molecule has 0 saturated heterocycles. The number of hydrogen-bond donors (Lipinski definition) is 0. The van der Waals surface area contributed by atoms with Crippen LogP contribution < -0.4 is 29.6 Å². The summed E-state index contributed by atoms with van der Waals surface area (Å²) in [5, 5.41) is 0. The van der Waals surface area contributed by atoms with Crippen molar-refractivity contribution in [2.45, 2.75) is 0 Å². The average Bonchev–Trinajstić information content (AvgIpc) is 2.07. The van der Waals surface area contributed by atoms with Crippen molar-refractivity contribution < 1.29 is 54.7 Å². The van der Waals surface area contributed by atoms with Crippen molar-refractivity contribution in [2.24, 2.45) is 7.05 Å². The molecular formula is C4H6F6N2NaP. The number of rotatable bonds is 0. The molecule has 0 radical (unpaired) electrons. The van der Waals surface area contributed by atoms with Gasteiger partial charge in [-0.2, -0.15) is 0 Å². The summed E-state index contributed by atoms with van der Waals surface area (Å²) in [5.41, 5.74) is 0. The van der Waals surface area contributed by atoms with Gasteiger partial charge in [0.2, 0.25) is 0 Å². The molecule has 1 aromatic heterocycles. The van der Waals surface area contributed by atoms with Gasteiger partial charge in [0.05, 0.1) is 6.33 Å². The van der Waals surface area contributed by atoms with Gasteiger partial charge in [-0.15, -0.1) is 0 Å².